The fourth-order valence-electron chi connectivity index (χ4n) is 2.97. The second-order valence-electron chi connectivity index (χ2n) is 6.76. The summed E-state index contributed by atoms with van der Waals surface area (Å²) in [5.41, 5.74) is -0.522. The monoisotopic (exact) mass is 604 g/mol. The molecule has 0 amide bonds. The Hall–Kier alpha value is 0.628. The quantitative estimate of drug-likeness (QED) is 0.124. The van der Waals surface area contributed by atoms with Gasteiger partial charge in [-0.15, -0.1) is 0 Å². The van der Waals surface area contributed by atoms with Crippen molar-refractivity contribution in [2.24, 2.45) is 0 Å². The average Bonchev–Trinajstić information content (AvgIpc) is 2.55. The van der Waals surface area contributed by atoms with Crippen LogP contribution in [0.5, 0.6) is 5.75 Å². The summed E-state index contributed by atoms with van der Waals surface area (Å²) >= 11 is 7.07. The Morgan fingerprint density at radius 2 is 1.30 bits per heavy atom. The van der Waals surface area contributed by atoms with Crippen LogP contribution in [0.2, 0.25) is 0 Å². The summed E-state index contributed by atoms with van der Waals surface area (Å²) in [6.45, 7) is 4.51. The van der Waals surface area contributed by atoms with Crippen molar-refractivity contribution in [1.29, 1.82) is 0 Å². The van der Waals surface area contributed by atoms with Crippen LogP contribution >= 0.6 is 17.9 Å². The van der Waals surface area contributed by atoms with Crippen LogP contribution in [0, 0.1) is 0 Å². The maximum Gasteiger partial charge on any atom is 0.239 e. The van der Waals surface area contributed by atoms with Gasteiger partial charge in [-0.05, 0) is 54.7 Å². The zero-order chi connectivity index (χ0) is 19.8. The van der Waals surface area contributed by atoms with Crippen molar-refractivity contribution in [2.45, 2.75) is 90.9 Å². The molecule has 0 radical (unpaired) electrons. The van der Waals surface area contributed by atoms with Crippen LogP contribution in [0.25, 0.3) is 0 Å². The van der Waals surface area contributed by atoms with E-state index in [4.69, 9.17) is 9.79 Å². The van der Waals surface area contributed by atoms with Crippen molar-refractivity contribution in [2.75, 3.05) is 0 Å². The van der Waals surface area contributed by atoms with E-state index in [1.165, 1.54) is 75.3 Å². The fourth-order valence-corrected chi connectivity index (χ4v) is 2.97. The Morgan fingerprint density at radius 1 is 0.852 bits per heavy atom. The Balaban J connectivity index is 0. The van der Waals surface area contributed by atoms with Gasteiger partial charge in [0.05, 0.1) is 0 Å². The Morgan fingerprint density at radius 3 is 1.78 bits per heavy atom. The van der Waals surface area contributed by atoms with E-state index >= 15 is 0 Å². The molecule has 1 aromatic carbocycles. The summed E-state index contributed by atoms with van der Waals surface area (Å²) in [4.78, 5) is 15.7. The van der Waals surface area contributed by atoms with E-state index in [0.29, 0.717) is 5.75 Å². The van der Waals surface area contributed by atoms with E-state index in [1.54, 1.807) is 0 Å². The van der Waals surface area contributed by atoms with Crippen molar-refractivity contribution < 1.29 is 36.0 Å². The van der Waals surface area contributed by atoms with E-state index in [1.807, 2.05) is 12.1 Å². The van der Waals surface area contributed by atoms with Crippen LogP contribution < -0.4 is 0 Å². The summed E-state index contributed by atoms with van der Waals surface area (Å²) in [6.07, 6.45) is 15.2. The third-order valence-electron chi connectivity index (χ3n) is 4.33. The second-order valence-corrected chi connectivity index (χ2v) is 11.8. The SMILES string of the molecule is CCCCCCCc1cccc(O)c1CCCCCCC.OP(O)(=S)S.[W]. The Labute approximate surface area is 191 Å². The normalized spacial score (nSPS) is 10.7. The minimum Gasteiger partial charge on any atom is -0.508 e. The number of phenols is 1. The number of aromatic hydroxyl groups is 1. The van der Waals surface area contributed by atoms with Crippen molar-refractivity contribution in [3.05, 3.63) is 29.3 Å². The van der Waals surface area contributed by atoms with Crippen molar-refractivity contribution in [3.63, 3.8) is 0 Å². The van der Waals surface area contributed by atoms with Gasteiger partial charge in [-0.2, -0.15) is 0 Å². The first-order chi connectivity index (χ1) is 12.3. The zero-order valence-electron chi connectivity index (χ0n) is 16.8. The minimum atomic E-state index is -3.11. The van der Waals surface area contributed by atoms with Crippen molar-refractivity contribution in [3.8, 4) is 5.75 Å². The van der Waals surface area contributed by atoms with Crippen LogP contribution in [-0.4, -0.2) is 14.9 Å². The van der Waals surface area contributed by atoms with Gasteiger partial charge in [0.2, 0.25) is 5.69 Å². The predicted octanol–water partition coefficient (Wildman–Crippen LogP) is 6.54. The van der Waals surface area contributed by atoms with Crippen LogP contribution in [0.15, 0.2) is 18.2 Å². The molecule has 0 aliphatic heterocycles. The molecule has 3 nitrogen and oxygen atoms in total. The van der Waals surface area contributed by atoms with Crippen LogP contribution in [-0.2, 0) is 45.7 Å². The van der Waals surface area contributed by atoms with Gasteiger partial charge in [-0.3, -0.25) is 0 Å². The molecule has 0 saturated heterocycles. The van der Waals surface area contributed by atoms with Gasteiger partial charge in [0.25, 0.3) is 0 Å². The van der Waals surface area contributed by atoms with Crippen molar-refractivity contribution >= 4 is 29.7 Å². The molecular formula is C20H37O3PS2W. The van der Waals surface area contributed by atoms with Crippen molar-refractivity contribution in [1.82, 2.24) is 0 Å². The fraction of sp³-hybridized carbons (Fsp3) is 0.700. The molecule has 0 fully saturated rings. The minimum absolute atomic E-state index is 0. The first-order valence-electron chi connectivity index (χ1n) is 9.87. The smallest absolute Gasteiger partial charge is 0.239 e. The summed E-state index contributed by atoms with van der Waals surface area (Å²) in [6, 6.07) is 6.06. The number of thiol groups is 1. The molecule has 0 aromatic heterocycles. The predicted molar refractivity (Wildman–Crippen MR) is 121 cm³/mol. The molecular weight excluding hydrogens is 567 g/mol. The van der Waals surface area contributed by atoms with Gasteiger partial charge >= 0.3 is 0 Å². The number of hydrogen-bond donors (Lipinski definition) is 4. The number of unbranched alkanes of at least 4 members (excludes halogenated alkanes) is 8. The standard InChI is InChI=1S/C20H34O.H3O2PS2.W/c1-3-5-7-9-11-14-18-15-13-17-20(21)19(18)16-12-10-8-6-4-2;1-3(2,4)5;/h13,15,17,21H,3-12,14,16H2,1-2H3;(H3,1,2,4,5);. The molecule has 27 heavy (non-hydrogen) atoms. The third kappa shape index (κ3) is 19.7. The van der Waals surface area contributed by atoms with Gasteiger partial charge in [0.1, 0.15) is 5.75 Å². The molecule has 0 heterocycles. The topological polar surface area (TPSA) is 60.7 Å². The zero-order valence-corrected chi connectivity index (χ0v) is 22.3. The van der Waals surface area contributed by atoms with Crippen LogP contribution in [0.4, 0.5) is 0 Å². The first-order valence-corrected chi connectivity index (χ1v) is 13.7. The molecule has 0 saturated carbocycles. The second kappa shape index (κ2) is 18.6. The number of phenolic OH excluding ortho intramolecular Hbond substituents is 1. The largest absolute Gasteiger partial charge is 0.508 e. The van der Waals surface area contributed by atoms with Gasteiger partial charge in [0.15, 0.2) is 0 Å². The molecule has 1 aromatic rings. The van der Waals surface area contributed by atoms with Gasteiger partial charge in [-0.1, -0.05) is 89.6 Å². The molecule has 0 atom stereocenters. The van der Waals surface area contributed by atoms with Crippen LogP contribution in [0.1, 0.15) is 89.2 Å². The Bertz CT molecular complexity index is 516. The average molecular weight is 604 g/mol. The van der Waals surface area contributed by atoms with Gasteiger partial charge in [-0.25, -0.2) is 0 Å². The maximum absolute atomic E-state index is 10.1. The number of aryl methyl sites for hydroxylation is 1. The van der Waals surface area contributed by atoms with E-state index in [2.05, 4.69) is 44.0 Å². The summed E-state index contributed by atoms with van der Waals surface area (Å²) in [5.74, 6) is 0.511. The number of rotatable bonds is 12. The van der Waals surface area contributed by atoms with Crippen LogP contribution in [0.3, 0.4) is 0 Å². The van der Waals surface area contributed by atoms with E-state index < -0.39 is 5.69 Å². The summed E-state index contributed by atoms with van der Waals surface area (Å²) in [5, 5.41) is 10.1. The molecule has 1 rings (SSSR count). The molecule has 0 aliphatic rings. The third-order valence-corrected chi connectivity index (χ3v) is 4.33. The molecule has 158 valence electrons. The molecule has 0 aliphatic carbocycles. The number of benzene rings is 1. The van der Waals surface area contributed by atoms with E-state index in [-0.39, 0.29) is 21.1 Å². The summed E-state index contributed by atoms with van der Waals surface area (Å²) in [7, 11) is 0. The first kappa shape index (κ1) is 29.8. The molecule has 3 N–H and O–H groups in total. The van der Waals surface area contributed by atoms with Gasteiger partial charge < -0.3 is 14.9 Å². The number of hydrogen-bond acceptors (Lipinski definition) is 2. The molecule has 0 spiro atoms. The Kier molecular flexibility index (Phi) is 20.6. The summed E-state index contributed by atoms with van der Waals surface area (Å²) < 4.78 is 0. The van der Waals surface area contributed by atoms with E-state index in [9.17, 15) is 5.11 Å². The van der Waals surface area contributed by atoms with Gasteiger partial charge in [0, 0.05) is 21.1 Å². The molecule has 0 unspecified atom stereocenters. The molecule has 7 heteroatoms. The molecule has 0 bridgehead atoms. The van der Waals surface area contributed by atoms with E-state index in [0.717, 1.165) is 12.8 Å². The maximum atomic E-state index is 10.1.